The minimum Gasteiger partial charge on any atom is -0.309 e. The van der Waals surface area contributed by atoms with Gasteiger partial charge in [0.1, 0.15) is 0 Å². The molecular weight excluding hydrogens is 544 g/mol. The lowest BCUT2D eigenvalue weighted by atomic mass is 10.0. The van der Waals surface area contributed by atoms with Crippen LogP contribution >= 0.6 is 0 Å². The van der Waals surface area contributed by atoms with Crippen LogP contribution in [0, 0.1) is 0 Å². The van der Waals surface area contributed by atoms with Gasteiger partial charge >= 0.3 is 0 Å². The zero-order chi connectivity index (χ0) is 29.2. The minimum absolute atomic E-state index is 0.977. The maximum absolute atomic E-state index is 2.56. The quantitative estimate of drug-likeness (QED) is 0.186. The molecule has 0 fully saturated rings. The molecule has 7 aromatic carbocycles. The molecule has 0 radical (unpaired) electrons. The van der Waals surface area contributed by atoms with Gasteiger partial charge in [0.2, 0.25) is 0 Å². The Balaban J connectivity index is 1.53. The van der Waals surface area contributed by atoms with Crippen LogP contribution in [0.2, 0.25) is 0 Å². The second-order valence-electron chi connectivity index (χ2n) is 12.5. The van der Waals surface area contributed by atoms with Crippen LogP contribution in [0.25, 0.3) is 87.1 Å². The molecule has 0 amide bonds. The number of nitrogens with zero attached hydrogens (tertiary/aromatic N) is 2. The van der Waals surface area contributed by atoms with Crippen LogP contribution < -0.4 is 0 Å². The highest BCUT2D eigenvalue weighted by Crippen LogP contribution is 2.45. The first-order valence-corrected chi connectivity index (χ1v) is 15.8. The van der Waals surface area contributed by atoms with Gasteiger partial charge in [0.15, 0.2) is 0 Å². The Bertz CT molecular complexity index is 2940. The van der Waals surface area contributed by atoms with Crippen molar-refractivity contribution in [3.8, 4) is 5.69 Å². The van der Waals surface area contributed by atoms with Crippen LogP contribution in [0.5, 0.6) is 0 Å². The summed E-state index contributed by atoms with van der Waals surface area (Å²) in [5.74, 6) is 0. The molecule has 3 aromatic heterocycles. The van der Waals surface area contributed by atoms with E-state index in [1.54, 1.807) is 0 Å². The van der Waals surface area contributed by atoms with Crippen molar-refractivity contribution >= 4 is 81.4 Å². The number of hydrogen-bond acceptors (Lipinski definition) is 0. The van der Waals surface area contributed by atoms with Crippen molar-refractivity contribution in [3.05, 3.63) is 157 Å². The Labute approximate surface area is 258 Å². The Hall–Kier alpha value is -5.86. The molecule has 208 valence electrons. The van der Waals surface area contributed by atoms with E-state index in [9.17, 15) is 0 Å². The van der Waals surface area contributed by atoms with Gasteiger partial charge in [-0.2, -0.15) is 0 Å². The molecule has 11 rings (SSSR count). The number of para-hydroxylation sites is 4. The maximum Gasteiger partial charge on any atom is 0.0641 e. The summed E-state index contributed by atoms with van der Waals surface area (Å²) >= 11 is 0. The minimum atomic E-state index is 0.977. The number of hydrogen-bond donors (Lipinski definition) is 0. The summed E-state index contributed by atoms with van der Waals surface area (Å²) in [6, 6.07) is 54.1. The zero-order valence-electron chi connectivity index (χ0n) is 24.5. The first-order chi connectivity index (χ1) is 22.4. The molecule has 2 nitrogen and oxygen atoms in total. The molecule has 45 heavy (non-hydrogen) atoms. The van der Waals surface area contributed by atoms with Crippen LogP contribution in [0.15, 0.2) is 146 Å². The van der Waals surface area contributed by atoms with Gasteiger partial charge in [0, 0.05) is 38.0 Å². The van der Waals surface area contributed by atoms with Crippen LogP contribution in [0.1, 0.15) is 11.1 Å². The summed E-state index contributed by atoms with van der Waals surface area (Å²) in [4.78, 5) is 0. The van der Waals surface area contributed by atoms with Crippen molar-refractivity contribution in [1.82, 2.24) is 8.97 Å². The molecule has 0 aliphatic heterocycles. The van der Waals surface area contributed by atoms with Gasteiger partial charge in [-0.25, -0.2) is 0 Å². The van der Waals surface area contributed by atoms with Crippen molar-refractivity contribution in [2.45, 2.75) is 6.42 Å². The molecule has 0 bridgehead atoms. The standard InChI is InChI=1S/C43H26N2/c1-2-13-28(14-3-1)44-36-21-6-5-16-30(36)34-23-24-38-41(43(34)44)35-20-10-19-33-32-18-9-12-27-25-26-11-8-17-31(39(26)40(27)32)29-15-4-7-22-37(29)45(38)42(33)35/h1-24H,25H2. The molecule has 10 aromatic rings. The monoisotopic (exact) mass is 570 g/mol. The molecule has 1 aliphatic rings. The van der Waals surface area contributed by atoms with Gasteiger partial charge in [0.25, 0.3) is 0 Å². The normalized spacial score (nSPS) is 12.8. The molecule has 0 unspecified atom stereocenters. The summed E-state index contributed by atoms with van der Waals surface area (Å²) in [6.45, 7) is 0. The fourth-order valence-corrected chi connectivity index (χ4v) is 8.55. The van der Waals surface area contributed by atoms with Crippen LogP contribution in [0.3, 0.4) is 0 Å². The van der Waals surface area contributed by atoms with Crippen molar-refractivity contribution in [3.63, 3.8) is 0 Å². The highest BCUT2D eigenvalue weighted by molar-refractivity contribution is 6.31. The largest absolute Gasteiger partial charge is 0.309 e. The van der Waals surface area contributed by atoms with E-state index in [1.165, 1.54) is 98.3 Å². The predicted molar refractivity (Wildman–Crippen MR) is 191 cm³/mol. The summed E-state index contributed by atoms with van der Waals surface area (Å²) in [6.07, 6.45) is 0.977. The van der Waals surface area contributed by atoms with Crippen molar-refractivity contribution < 1.29 is 0 Å². The van der Waals surface area contributed by atoms with Gasteiger partial charge < -0.3 is 8.97 Å². The van der Waals surface area contributed by atoms with Crippen molar-refractivity contribution in [2.75, 3.05) is 0 Å². The molecule has 0 N–H and O–H groups in total. The number of aromatic nitrogens is 2. The summed E-state index contributed by atoms with van der Waals surface area (Å²) in [7, 11) is 0. The molecule has 0 atom stereocenters. The lowest BCUT2D eigenvalue weighted by Crippen LogP contribution is -1.93. The van der Waals surface area contributed by atoms with Crippen LogP contribution in [-0.2, 0) is 6.42 Å². The van der Waals surface area contributed by atoms with Gasteiger partial charge in [-0.1, -0.05) is 115 Å². The van der Waals surface area contributed by atoms with E-state index in [0.717, 1.165) is 6.42 Å². The topological polar surface area (TPSA) is 9.34 Å². The predicted octanol–water partition coefficient (Wildman–Crippen LogP) is 11.3. The molecule has 1 aliphatic carbocycles. The number of fused-ring (bicyclic) bond motifs is 11. The number of rotatable bonds is 1. The lowest BCUT2D eigenvalue weighted by molar-refractivity contribution is 1.19. The fraction of sp³-hybridized carbons (Fsp3) is 0.0233. The molecule has 2 heteroatoms. The third-order valence-electron chi connectivity index (χ3n) is 10.3. The third-order valence-corrected chi connectivity index (χ3v) is 10.3. The Morgan fingerprint density at radius 3 is 1.67 bits per heavy atom. The number of benzene rings is 7. The van der Waals surface area contributed by atoms with E-state index in [4.69, 9.17) is 0 Å². The van der Waals surface area contributed by atoms with E-state index in [1.807, 2.05) is 0 Å². The van der Waals surface area contributed by atoms with E-state index in [2.05, 4.69) is 155 Å². The SMILES string of the molecule is c1ccc(-n2c3ccccc3c3ccc4c(c5cccc6c7cccc8c7c7c(cccc7c7ccccc7n4c65)C8)c32)cc1. The fourth-order valence-electron chi connectivity index (χ4n) is 8.55. The van der Waals surface area contributed by atoms with Crippen LogP contribution in [0.4, 0.5) is 0 Å². The van der Waals surface area contributed by atoms with Crippen LogP contribution in [-0.4, -0.2) is 8.97 Å². The molecular formula is C43H26N2. The van der Waals surface area contributed by atoms with Gasteiger partial charge in [-0.15, -0.1) is 0 Å². The highest BCUT2D eigenvalue weighted by atomic mass is 15.0. The van der Waals surface area contributed by atoms with E-state index >= 15 is 0 Å². The second-order valence-corrected chi connectivity index (χ2v) is 12.5. The Morgan fingerprint density at radius 2 is 0.889 bits per heavy atom. The van der Waals surface area contributed by atoms with E-state index < -0.39 is 0 Å². The first-order valence-electron chi connectivity index (χ1n) is 15.8. The highest BCUT2D eigenvalue weighted by Gasteiger charge is 2.23. The molecule has 0 saturated carbocycles. The average molecular weight is 571 g/mol. The molecule has 0 saturated heterocycles. The summed E-state index contributed by atoms with van der Waals surface area (Å²) < 4.78 is 5.03. The lowest BCUT2D eigenvalue weighted by Gasteiger charge is -2.09. The first kappa shape index (κ1) is 23.6. The van der Waals surface area contributed by atoms with Crippen molar-refractivity contribution in [2.24, 2.45) is 0 Å². The van der Waals surface area contributed by atoms with Gasteiger partial charge in [-0.05, 0) is 69.4 Å². The molecule has 3 heterocycles. The molecule has 0 spiro atoms. The zero-order valence-corrected chi connectivity index (χ0v) is 24.5. The van der Waals surface area contributed by atoms with Crippen molar-refractivity contribution in [1.29, 1.82) is 0 Å². The summed E-state index contributed by atoms with van der Waals surface area (Å²) in [5.41, 5.74) is 10.2. The van der Waals surface area contributed by atoms with E-state index in [-0.39, 0.29) is 0 Å². The maximum atomic E-state index is 2.56. The summed E-state index contributed by atoms with van der Waals surface area (Å²) in [5, 5.41) is 13.1. The average Bonchev–Trinajstić information content (AvgIpc) is 3.76. The van der Waals surface area contributed by atoms with E-state index in [0.29, 0.717) is 0 Å². The van der Waals surface area contributed by atoms with Gasteiger partial charge in [-0.3, -0.25) is 0 Å². The Morgan fingerprint density at radius 1 is 0.333 bits per heavy atom. The smallest absolute Gasteiger partial charge is 0.0641 e. The second kappa shape index (κ2) is 8.40. The Kier molecular flexibility index (Phi) is 4.40. The van der Waals surface area contributed by atoms with Gasteiger partial charge in [0.05, 0.1) is 27.6 Å². The third kappa shape index (κ3) is 2.90.